The third kappa shape index (κ3) is 5.58. The Kier molecular flexibility index (Phi) is 6.00. The lowest BCUT2D eigenvalue weighted by molar-refractivity contribution is -0.384. The standard InChI is InChI=1S/C18H15NO6/c20-17(11-8-13-6-9-15(10-7-13)19(23)24)25-16(18(21)22)12-14-4-2-1-3-5-14/h1-11,16H,12H2,(H,21,22)/b11-8+. The molecule has 0 aliphatic carbocycles. The molecule has 0 aliphatic rings. The summed E-state index contributed by atoms with van der Waals surface area (Å²) in [4.78, 5) is 33.1. The van der Waals surface area contributed by atoms with Gasteiger partial charge in [0.05, 0.1) is 4.92 Å². The van der Waals surface area contributed by atoms with Crippen molar-refractivity contribution in [2.75, 3.05) is 0 Å². The summed E-state index contributed by atoms with van der Waals surface area (Å²) in [7, 11) is 0. The zero-order chi connectivity index (χ0) is 18.2. The Morgan fingerprint density at radius 2 is 1.76 bits per heavy atom. The number of esters is 1. The Hall–Kier alpha value is -3.48. The van der Waals surface area contributed by atoms with E-state index in [1.807, 2.05) is 0 Å². The van der Waals surface area contributed by atoms with E-state index < -0.39 is 23.0 Å². The van der Waals surface area contributed by atoms with E-state index in [0.717, 1.165) is 11.6 Å². The number of nitrogens with zero attached hydrogens (tertiary/aromatic N) is 1. The van der Waals surface area contributed by atoms with Gasteiger partial charge < -0.3 is 9.84 Å². The van der Waals surface area contributed by atoms with Crippen LogP contribution in [0.2, 0.25) is 0 Å². The summed E-state index contributed by atoms with van der Waals surface area (Å²) in [5.41, 5.74) is 1.23. The topological polar surface area (TPSA) is 107 Å². The van der Waals surface area contributed by atoms with E-state index in [9.17, 15) is 24.8 Å². The van der Waals surface area contributed by atoms with Gasteiger partial charge in [-0.25, -0.2) is 9.59 Å². The summed E-state index contributed by atoms with van der Waals surface area (Å²) in [6.45, 7) is 0. The molecule has 0 saturated heterocycles. The molecular formula is C18H15NO6. The zero-order valence-electron chi connectivity index (χ0n) is 13.1. The third-order valence-electron chi connectivity index (χ3n) is 3.31. The van der Waals surface area contributed by atoms with E-state index in [-0.39, 0.29) is 12.1 Å². The maximum absolute atomic E-state index is 11.8. The summed E-state index contributed by atoms with van der Waals surface area (Å²) < 4.78 is 4.97. The first kappa shape index (κ1) is 17.9. The van der Waals surface area contributed by atoms with E-state index in [0.29, 0.717) is 5.56 Å². The number of carboxylic acid groups (broad SMARTS) is 1. The summed E-state index contributed by atoms with van der Waals surface area (Å²) in [6, 6.07) is 14.4. The molecule has 7 heteroatoms. The van der Waals surface area contributed by atoms with Crippen molar-refractivity contribution in [1.29, 1.82) is 0 Å². The third-order valence-corrected chi connectivity index (χ3v) is 3.31. The number of hydrogen-bond donors (Lipinski definition) is 1. The van der Waals surface area contributed by atoms with Gasteiger partial charge in [-0.3, -0.25) is 10.1 Å². The second-order valence-corrected chi connectivity index (χ2v) is 5.14. The molecule has 0 spiro atoms. The molecule has 2 aromatic carbocycles. The van der Waals surface area contributed by atoms with Gasteiger partial charge in [0.2, 0.25) is 6.10 Å². The van der Waals surface area contributed by atoms with Crippen molar-refractivity contribution in [3.63, 3.8) is 0 Å². The van der Waals surface area contributed by atoms with Gasteiger partial charge in [-0.15, -0.1) is 0 Å². The van der Waals surface area contributed by atoms with Gasteiger partial charge >= 0.3 is 11.9 Å². The molecule has 128 valence electrons. The Balaban J connectivity index is 1.98. The minimum atomic E-state index is -1.29. The summed E-state index contributed by atoms with van der Waals surface area (Å²) >= 11 is 0. The highest BCUT2D eigenvalue weighted by Gasteiger charge is 2.21. The predicted molar refractivity (Wildman–Crippen MR) is 89.8 cm³/mol. The van der Waals surface area contributed by atoms with Crippen molar-refractivity contribution in [3.8, 4) is 0 Å². The number of rotatable bonds is 7. The van der Waals surface area contributed by atoms with Gasteiger partial charge in [0.15, 0.2) is 0 Å². The lowest BCUT2D eigenvalue weighted by Crippen LogP contribution is -2.28. The number of carbonyl (C=O) groups excluding carboxylic acids is 1. The zero-order valence-corrected chi connectivity index (χ0v) is 13.1. The number of carboxylic acids is 1. The summed E-state index contributed by atoms with van der Waals surface area (Å²) in [5.74, 6) is -2.04. The van der Waals surface area contributed by atoms with E-state index in [4.69, 9.17) is 4.74 Å². The number of non-ortho nitro benzene ring substituents is 1. The molecule has 0 radical (unpaired) electrons. The summed E-state index contributed by atoms with van der Waals surface area (Å²) in [5, 5.41) is 19.8. The van der Waals surface area contributed by atoms with Crippen molar-refractivity contribution < 1.29 is 24.4 Å². The number of aliphatic carboxylic acids is 1. The maximum atomic E-state index is 11.8. The molecular weight excluding hydrogens is 326 g/mol. The van der Waals surface area contributed by atoms with Crippen LogP contribution < -0.4 is 0 Å². The predicted octanol–water partition coefficient (Wildman–Crippen LogP) is 2.85. The number of benzene rings is 2. The molecule has 0 heterocycles. The van der Waals surface area contributed by atoms with Gasteiger partial charge in [0, 0.05) is 24.6 Å². The Labute approximate surface area is 143 Å². The fraction of sp³-hybridized carbons (Fsp3) is 0.111. The molecule has 0 aromatic heterocycles. The van der Waals surface area contributed by atoms with Crippen molar-refractivity contribution >= 4 is 23.7 Å². The first-order valence-electron chi connectivity index (χ1n) is 7.35. The Morgan fingerprint density at radius 3 is 2.32 bits per heavy atom. The molecule has 1 unspecified atom stereocenters. The van der Waals surface area contributed by atoms with Crippen LogP contribution in [0.5, 0.6) is 0 Å². The average molecular weight is 341 g/mol. The molecule has 7 nitrogen and oxygen atoms in total. The lowest BCUT2D eigenvalue weighted by Gasteiger charge is -2.12. The van der Waals surface area contributed by atoms with Crippen LogP contribution in [0.25, 0.3) is 6.08 Å². The smallest absolute Gasteiger partial charge is 0.345 e. The second kappa shape index (κ2) is 8.39. The Morgan fingerprint density at radius 1 is 1.12 bits per heavy atom. The van der Waals surface area contributed by atoms with Gasteiger partial charge in [-0.1, -0.05) is 30.3 Å². The normalized spacial score (nSPS) is 11.8. The molecule has 0 amide bonds. The van der Waals surface area contributed by atoms with Crippen LogP contribution in [0.3, 0.4) is 0 Å². The van der Waals surface area contributed by atoms with Crippen LogP contribution in [0.4, 0.5) is 5.69 Å². The lowest BCUT2D eigenvalue weighted by atomic mass is 10.1. The monoisotopic (exact) mass is 341 g/mol. The number of nitro groups is 1. The molecule has 1 atom stereocenters. The highest BCUT2D eigenvalue weighted by Crippen LogP contribution is 2.13. The fourth-order valence-electron chi connectivity index (χ4n) is 2.06. The van der Waals surface area contributed by atoms with E-state index in [2.05, 4.69) is 0 Å². The fourth-order valence-corrected chi connectivity index (χ4v) is 2.06. The molecule has 0 bridgehead atoms. The van der Waals surface area contributed by atoms with Crippen molar-refractivity contribution in [2.24, 2.45) is 0 Å². The number of carbonyl (C=O) groups is 2. The largest absolute Gasteiger partial charge is 0.478 e. The maximum Gasteiger partial charge on any atom is 0.345 e. The second-order valence-electron chi connectivity index (χ2n) is 5.14. The van der Waals surface area contributed by atoms with Gasteiger partial charge in [0.25, 0.3) is 5.69 Å². The van der Waals surface area contributed by atoms with Gasteiger partial charge in [0.1, 0.15) is 0 Å². The number of ether oxygens (including phenoxy) is 1. The minimum Gasteiger partial charge on any atom is -0.478 e. The van der Waals surface area contributed by atoms with Crippen LogP contribution in [0.1, 0.15) is 11.1 Å². The molecule has 0 saturated carbocycles. The van der Waals surface area contributed by atoms with Crippen LogP contribution in [0.15, 0.2) is 60.7 Å². The van der Waals surface area contributed by atoms with Crippen molar-refractivity contribution in [1.82, 2.24) is 0 Å². The summed E-state index contributed by atoms with van der Waals surface area (Å²) in [6.07, 6.45) is 1.25. The molecule has 0 fully saturated rings. The van der Waals surface area contributed by atoms with Crippen LogP contribution in [-0.2, 0) is 20.7 Å². The average Bonchev–Trinajstić information content (AvgIpc) is 2.60. The highest BCUT2D eigenvalue weighted by molar-refractivity contribution is 5.89. The van der Waals surface area contributed by atoms with Crippen molar-refractivity contribution in [3.05, 3.63) is 81.9 Å². The van der Waals surface area contributed by atoms with Gasteiger partial charge in [-0.05, 0) is 29.3 Å². The molecule has 2 rings (SSSR count). The molecule has 25 heavy (non-hydrogen) atoms. The number of nitro benzene ring substituents is 1. The highest BCUT2D eigenvalue weighted by atomic mass is 16.6. The number of hydrogen-bond acceptors (Lipinski definition) is 5. The van der Waals surface area contributed by atoms with Crippen molar-refractivity contribution in [2.45, 2.75) is 12.5 Å². The SMILES string of the molecule is O=C(/C=C/c1ccc([N+](=O)[O-])cc1)OC(Cc1ccccc1)C(=O)O. The quantitative estimate of drug-likeness (QED) is 0.359. The molecule has 0 aliphatic heterocycles. The van der Waals surface area contributed by atoms with E-state index in [1.54, 1.807) is 30.3 Å². The first-order valence-corrected chi connectivity index (χ1v) is 7.35. The Bertz CT molecular complexity index is 783. The first-order chi connectivity index (χ1) is 12.0. The molecule has 2 aromatic rings. The van der Waals surface area contributed by atoms with E-state index >= 15 is 0 Å². The molecule has 1 N–H and O–H groups in total. The van der Waals surface area contributed by atoms with Crippen LogP contribution >= 0.6 is 0 Å². The van der Waals surface area contributed by atoms with Crippen LogP contribution in [-0.4, -0.2) is 28.1 Å². The van der Waals surface area contributed by atoms with E-state index in [1.165, 1.54) is 30.3 Å². The van der Waals surface area contributed by atoms with Gasteiger partial charge in [-0.2, -0.15) is 0 Å². The van der Waals surface area contributed by atoms with Crippen LogP contribution in [0, 0.1) is 10.1 Å². The minimum absolute atomic E-state index is 0.0615.